The summed E-state index contributed by atoms with van der Waals surface area (Å²) < 4.78 is 1.45. The molecule has 0 nitrogen and oxygen atoms in total. The van der Waals surface area contributed by atoms with E-state index in [0.29, 0.717) is 0 Å². The molecule has 0 amide bonds. The monoisotopic (exact) mass is 200 g/mol. The van der Waals surface area contributed by atoms with Gasteiger partial charge in [-0.05, 0) is 42.3 Å². The van der Waals surface area contributed by atoms with Crippen LogP contribution in [0.5, 0.6) is 0 Å². The Morgan fingerprint density at radius 3 is 3.14 bits per heavy atom. The number of aryl methyl sites for hydroxylation is 2. The Balaban J connectivity index is 2.38. The highest BCUT2D eigenvalue weighted by Gasteiger charge is 2.11. The molecule has 1 aliphatic carbocycles. The third-order valence-electron chi connectivity index (χ3n) is 2.78. The van der Waals surface area contributed by atoms with E-state index in [1.807, 2.05) is 11.3 Å². The van der Waals surface area contributed by atoms with Crippen LogP contribution in [0, 0.1) is 6.92 Å². The topological polar surface area (TPSA) is 0 Å². The Bertz CT molecular complexity index is 517. The van der Waals surface area contributed by atoms with Gasteiger partial charge in [0.25, 0.3) is 0 Å². The van der Waals surface area contributed by atoms with E-state index in [0.717, 1.165) is 0 Å². The van der Waals surface area contributed by atoms with Crippen LogP contribution in [0.1, 0.15) is 22.4 Å². The predicted octanol–water partition coefficient (Wildman–Crippen LogP) is 4.17. The van der Waals surface area contributed by atoms with Gasteiger partial charge in [-0.1, -0.05) is 24.3 Å². The lowest BCUT2D eigenvalue weighted by Crippen LogP contribution is -1.86. The van der Waals surface area contributed by atoms with Crippen LogP contribution in [0.25, 0.3) is 16.2 Å². The van der Waals surface area contributed by atoms with Gasteiger partial charge in [0.1, 0.15) is 0 Å². The minimum absolute atomic E-state index is 1.21. The average molecular weight is 200 g/mol. The molecule has 0 aliphatic heterocycles. The van der Waals surface area contributed by atoms with Gasteiger partial charge < -0.3 is 0 Å². The molecule has 0 saturated carbocycles. The third kappa shape index (κ3) is 1.12. The van der Waals surface area contributed by atoms with Gasteiger partial charge in [0.05, 0.1) is 0 Å². The first kappa shape index (κ1) is 8.25. The van der Waals surface area contributed by atoms with Crippen molar-refractivity contribution in [2.75, 3.05) is 0 Å². The van der Waals surface area contributed by atoms with Crippen molar-refractivity contribution in [3.8, 4) is 0 Å². The molecule has 1 heteroatoms. The van der Waals surface area contributed by atoms with Crippen LogP contribution in [0.2, 0.25) is 0 Å². The lowest BCUT2D eigenvalue weighted by molar-refractivity contribution is 1.02. The van der Waals surface area contributed by atoms with Crippen molar-refractivity contribution in [2.24, 2.45) is 0 Å². The van der Waals surface area contributed by atoms with E-state index in [9.17, 15) is 0 Å². The summed E-state index contributed by atoms with van der Waals surface area (Å²) in [5, 5.41) is 1.44. The van der Waals surface area contributed by atoms with Gasteiger partial charge >= 0.3 is 0 Å². The number of rotatable bonds is 0. The molecule has 0 N–H and O–H groups in total. The molecule has 0 radical (unpaired) electrons. The fourth-order valence-corrected chi connectivity index (χ4v) is 3.36. The number of thiophene rings is 1. The van der Waals surface area contributed by atoms with Gasteiger partial charge in [-0.25, -0.2) is 0 Å². The van der Waals surface area contributed by atoms with Crippen LogP contribution in [0.15, 0.2) is 24.3 Å². The summed E-state index contributed by atoms with van der Waals surface area (Å²) in [6.45, 7) is 2.16. The summed E-state index contributed by atoms with van der Waals surface area (Å²) in [6.07, 6.45) is 7.00. The standard InChI is InChI=1S/C13H12S/c1-9-6-7-11-10-4-2-3-5-12(10)14-13(11)8-9/h2,4,6-8H,3,5H2,1H3. The Kier molecular flexibility index (Phi) is 1.74. The number of benzene rings is 1. The van der Waals surface area contributed by atoms with Crippen molar-refractivity contribution in [1.82, 2.24) is 0 Å². The molecule has 0 saturated heterocycles. The molecule has 0 unspecified atom stereocenters. The van der Waals surface area contributed by atoms with Gasteiger partial charge in [-0.15, -0.1) is 11.3 Å². The predicted molar refractivity (Wildman–Crippen MR) is 63.9 cm³/mol. The molecule has 3 rings (SSSR count). The Labute approximate surface area is 87.9 Å². The fourth-order valence-electron chi connectivity index (χ4n) is 2.06. The van der Waals surface area contributed by atoms with Crippen LogP contribution >= 0.6 is 11.3 Å². The average Bonchev–Trinajstić information content (AvgIpc) is 2.54. The van der Waals surface area contributed by atoms with Crippen LogP contribution in [0.3, 0.4) is 0 Å². The Morgan fingerprint density at radius 2 is 2.21 bits per heavy atom. The molecule has 1 aliphatic rings. The first-order valence-electron chi connectivity index (χ1n) is 5.03. The second kappa shape index (κ2) is 2.96. The normalized spacial score (nSPS) is 14.6. The second-order valence-corrected chi connectivity index (χ2v) is 5.02. The first-order valence-corrected chi connectivity index (χ1v) is 5.85. The molecule has 14 heavy (non-hydrogen) atoms. The summed E-state index contributed by atoms with van der Waals surface area (Å²) >= 11 is 1.96. The summed E-state index contributed by atoms with van der Waals surface area (Å²) in [4.78, 5) is 1.56. The number of fused-ring (bicyclic) bond motifs is 3. The van der Waals surface area contributed by atoms with Crippen molar-refractivity contribution in [1.29, 1.82) is 0 Å². The van der Waals surface area contributed by atoms with Gasteiger partial charge in [-0.2, -0.15) is 0 Å². The van der Waals surface area contributed by atoms with E-state index in [1.165, 1.54) is 34.1 Å². The molecule has 0 spiro atoms. The second-order valence-electron chi connectivity index (χ2n) is 3.88. The van der Waals surface area contributed by atoms with Crippen LogP contribution in [0.4, 0.5) is 0 Å². The molecule has 2 aromatic rings. The Hall–Kier alpha value is -1.08. The number of allylic oxidation sites excluding steroid dienone is 1. The van der Waals surface area contributed by atoms with Crippen LogP contribution in [-0.2, 0) is 6.42 Å². The van der Waals surface area contributed by atoms with E-state index < -0.39 is 0 Å². The van der Waals surface area contributed by atoms with E-state index in [4.69, 9.17) is 0 Å². The van der Waals surface area contributed by atoms with Crippen LogP contribution < -0.4 is 0 Å². The van der Waals surface area contributed by atoms with Gasteiger partial charge in [0.15, 0.2) is 0 Å². The smallest absolute Gasteiger partial charge is 0.0354 e. The van der Waals surface area contributed by atoms with E-state index in [1.54, 1.807) is 4.88 Å². The first-order chi connectivity index (χ1) is 6.84. The zero-order valence-electron chi connectivity index (χ0n) is 8.21. The lowest BCUT2D eigenvalue weighted by atomic mass is 10.0. The summed E-state index contributed by atoms with van der Waals surface area (Å²) in [7, 11) is 0. The molecule has 1 aromatic heterocycles. The third-order valence-corrected chi connectivity index (χ3v) is 4.01. The minimum Gasteiger partial charge on any atom is -0.140 e. The Morgan fingerprint density at radius 1 is 1.29 bits per heavy atom. The zero-order valence-corrected chi connectivity index (χ0v) is 9.03. The lowest BCUT2D eigenvalue weighted by Gasteiger charge is -2.03. The number of hydrogen-bond donors (Lipinski definition) is 0. The van der Waals surface area contributed by atoms with Gasteiger partial charge in [0, 0.05) is 9.58 Å². The van der Waals surface area contributed by atoms with Gasteiger partial charge in [0.2, 0.25) is 0 Å². The maximum atomic E-state index is 2.30. The molecule has 0 fully saturated rings. The SMILES string of the molecule is Cc1ccc2c3c(sc2c1)CCC=C3. The van der Waals surface area contributed by atoms with E-state index in [-0.39, 0.29) is 0 Å². The highest BCUT2D eigenvalue weighted by Crippen LogP contribution is 2.35. The van der Waals surface area contributed by atoms with Crippen LogP contribution in [-0.4, -0.2) is 0 Å². The van der Waals surface area contributed by atoms with Crippen molar-refractivity contribution in [2.45, 2.75) is 19.8 Å². The van der Waals surface area contributed by atoms with Crippen molar-refractivity contribution in [3.63, 3.8) is 0 Å². The maximum Gasteiger partial charge on any atom is 0.0354 e. The molecular formula is C13H12S. The highest BCUT2D eigenvalue weighted by molar-refractivity contribution is 7.19. The molecule has 1 aromatic carbocycles. The van der Waals surface area contributed by atoms with Crippen molar-refractivity contribution in [3.05, 3.63) is 40.3 Å². The quantitative estimate of drug-likeness (QED) is 0.598. The molecule has 70 valence electrons. The summed E-state index contributed by atoms with van der Waals surface area (Å²) in [6, 6.07) is 6.76. The summed E-state index contributed by atoms with van der Waals surface area (Å²) in [5.74, 6) is 0. The van der Waals surface area contributed by atoms with E-state index >= 15 is 0 Å². The highest BCUT2D eigenvalue weighted by atomic mass is 32.1. The maximum absolute atomic E-state index is 2.30. The van der Waals surface area contributed by atoms with Crippen molar-refractivity contribution < 1.29 is 0 Å². The number of hydrogen-bond acceptors (Lipinski definition) is 1. The molecular weight excluding hydrogens is 188 g/mol. The van der Waals surface area contributed by atoms with Gasteiger partial charge in [-0.3, -0.25) is 0 Å². The zero-order chi connectivity index (χ0) is 9.54. The summed E-state index contributed by atoms with van der Waals surface area (Å²) in [5.41, 5.74) is 2.83. The fraction of sp³-hybridized carbons (Fsp3) is 0.231. The molecule has 0 atom stereocenters. The van der Waals surface area contributed by atoms with E-state index in [2.05, 4.69) is 37.3 Å². The molecule has 0 bridgehead atoms. The van der Waals surface area contributed by atoms with Crippen molar-refractivity contribution >= 4 is 27.5 Å². The largest absolute Gasteiger partial charge is 0.140 e. The molecule has 1 heterocycles. The minimum atomic E-state index is 1.21.